The second-order valence-electron chi connectivity index (χ2n) is 5.23. The van der Waals surface area contributed by atoms with Gasteiger partial charge in [-0.05, 0) is 30.7 Å². The van der Waals surface area contributed by atoms with Crippen molar-refractivity contribution in [2.45, 2.75) is 19.9 Å². The van der Waals surface area contributed by atoms with E-state index in [2.05, 4.69) is 4.98 Å². The van der Waals surface area contributed by atoms with Crippen molar-refractivity contribution >= 4 is 27.3 Å². The quantitative estimate of drug-likeness (QED) is 0.666. The molecule has 2 aromatic heterocycles. The third-order valence-corrected chi connectivity index (χ3v) is 4.88. The van der Waals surface area contributed by atoms with E-state index in [-0.39, 0.29) is 23.4 Å². The van der Waals surface area contributed by atoms with Gasteiger partial charge >= 0.3 is 0 Å². The highest BCUT2D eigenvalue weighted by molar-refractivity contribution is 7.18. The van der Waals surface area contributed by atoms with Gasteiger partial charge in [-0.2, -0.15) is 0 Å². The summed E-state index contributed by atoms with van der Waals surface area (Å²) < 4.78 is 19.8. The van der Waals surface area contributed by atoms with Crippen LogP contribution in [-0.2, 0) is 13.0 Å². The number of aromatic nitrogens is 2. The van der Waals surface area contributed by atoms with Gasteiger partial charge in [0.15, 0.2) is 5.78 Å². The molecule has 3 aromatic rings. The van der Waals surface area contributed by atoms with Crippen LogP contribution in [0.25, 0.3) is 10.2 Å². The lowest BCUT2D eigenvalue weighted by atomic mass is 10.1. The second-order valence-corrected chi connectivity index (χ2v) is 6.35. The predicted molar refractivity (Wildman–Crippen MR) is 90.5 cm³/mol. The van der Waals surface area contributed by atoms with Crippen molar-refractivity contribution in [2.24, 2.45) is 0 Å². The van der Waals surface area contributed by atoms with Crippen LogP contribution in [0.4, 0.5) is 4.39 Å². The molecular formula is C17H15FN2O3S. The summed E-state index contributed by atoms with van der Waals surface area (Å²) in [5.74, 6) is -0.682. The van der Waals surface area contributed by atoms with Crippen molar-refractivity contribution in [1.82, 2.24) is 9.55 Å². The molecule has 5 nitrogen and oxygen atoms in total. The lowest BCUT2D eigenvalue weighted by molar-refractivity contribution is 0.0967. The number of rotatable bonds is 5. The number of aryl methyl sites for hydroxylation is 1. The molecule has 0 spiro atoms. The molecule has 0 aliphatic rings. The number of Topliss-reactive ketones (excluding diaryl/α,β-unsaturated/α-hetero) is 1. The number of ether oxygens (including phenoxy) is 1. The van der Waals surface area contributed by atoms with Crippen LogP contribution < -0.4 is 10.3 Å². The van der Waals surface area contributed by atoms with Crippen LogP contribution in [0.3, 0.4) is 0 Å². The second kappa shape index (κ2) is 6.52. The van der Waals surface area contributed by atoms with Crippen LogP contribution >= 0.6 is 11.3 Å². The number of benzene rings is 1. The Balaban J connectivity index is 1.98. The van der Waals surface area contributed by atoms with Gasteiger partial charge < -0.3 is 4.74 Å². The Morgan fingerprint density at radius 2 is 2.17 bits per heavy atom. The Kier molecular flexibility index (Phi) is 4.44. The fraction of sp³-hybridized carbons (Fsp3) is 0.235. The van der Waals surface area contributed by atoms with Crippen molar-refractivity contribution in [3.05, 3.63) is 57.2 Å². The molecule has 0 amide bonds. The lowest BCUT2D eigenvalue weighted by Gasteiger charge is -2.09. The minimum atomic E-state index is -0.537. The summed E-state index contributed by atoms with van der Waals surface area (Å²) >= 11 is 1.46. The van der Waals surface area contributed by atoms with Gasteiger partial charge in [0.25, 0.3) is 5.56 Å². The van der Waals surface area contributed by atoms with Crippen molar-refractivity contribution in [2.75, 3.05) is 7.11 Å². The fourth-order valence-corrected chi connectivity index (χ4v) is 3.36. The van der Waals surface area contributed by atoms with Gasteiger partial charge in [0, 0.05) is 4.88 Å². The summed E-state index contributed by atoms with van der Waals surface area (Å²) in [7, 11) is 1.40. The van der Waals surface area contributed by atoms with Gasteiger partial charge in [0.1, 0.15) is 16.4 Å². The number of methoxy groups -OCH3 is 1. The molecule has 2 heterocycles. The van der Waals surface area contributed by atoms with E-state index in [1.807, 2.05) is 6.92 Å². The maximum absolute atomic E-state index is 13.4. The van der Waals surface area contributed by atoms with Gasteiger partial charge in [-0.25, -0.2) is 9.37 Å². The first-order valence-corrected chi connectivity index (χ1v) is 8.19. The van der Waals surface area contributed by atoms with Gasteiger partial charge in [0.05, 0.1) is 30.9 Å². The maximum Gasteiger partial charge on any atom is 0.262 e. The molecule has 0 saturated heterocycles. The number of fused-ring (bicyclic) bond motifs is 1. The van der Waals surface area contributed by atoms with E-state index in [0.29, 0.717) is 10.2 Å². The highest BCUT2D eigenvalue weighted by Gasteiger charge is 2.16. The van der Waals surface area contributed by atoms with Crippen LogP contribution in [-0.4, -0.2) is 22.4 Å². The van der Waals surface area contributed by atoms with E-state index in [4.69, 9.17) is 4.74 Å². The molecule has 0 fully saturated rings. The van der Waals surface area contributed by atoms with E-state index in [9.17, 15) is 14.0 Å². The van der Waals surface area contributed by atoms with E-state index in [0.717, 1.165) is 17.4 Å². The summed E-state index contributed by atoms with van der Waals surface area (Å²) in [6, 6.07) is 5.52. The average molecular weight is 346 g/mol. The SMILES string of the molecule is CCc1cc2c(=O)n(CC(=O)c3cc(F)ccc3OC)cnc2s1. The maximum atomic E-state index is 13.4. The Bertz CT molecular complexity index is 978. The fourth-order valence-electron chi connectivity index (χ4n) is 2.43. The number of hydrogen-bond donors (Lipinski definition) is 0. The Labute approximate surface area is 141 Å². The van der Waals surface area contributed by atoms with Crippen molar-refractivity contribution < 1.29 is 13.9 Å². The van der Waals surface area contributed by atoms with E-state index in [1.54, 1.807) is 6.07 Å². The Hall–Kier alpha value is -2.54. The standard InChI is InChI=1S/C17H15FN2O3S/c1-3-11-7-13-16(24-11)19-9-20(17(13)22)8-14(21)12-6-10(18)4-5-15(12)23-2/h4-7,9H,3,8H2,1-2H3. The largest absolute Gasteiger partial charge is 0.496 e. The molecule has 24 heavy (non-hydrogen) atoms. The zero-order valence-corrected chi connectivity index (χ0v) is 14.0. The first-order chi connectivity index (χ1) is 11.5. The zero-order chi connectivity index (χ0) is 17.3. The summed E-state index contributed by atoms with van der Waals surface area (Å²) in [6.07, 6.45) is 2.17. The molecule has 0 atom stereocenters. The molecule has 3 rings (SSSR count). The number of hydrogen-bond acceptors (Lipinski definition) is 5. The molecule has 0 aliphatic carbocycles. The van der Waals surface area contributed by atoms with Crippen LogP contribution in [0.1, 0.15) is 22.2 Å². The summed E-state index contributed by atoms with van der Waals surface area (Å²) in [6.45, 7) is 1.78. The number of halogens is 1. The predicted octanol–water partition coefficient (Wildman–Crippen LogP) is 3.05. The third-order valence-electron chi connectivity index (χ3n) is 3.69. The number of ketones is 1. The molecule has 0 radical (unpaired) electrons. The highest BCUT2D eigenvalue weighted by atomic mass is 32.1. The minimum Gasteiger partial charge on any atom is -0.496 e. The number of thiophene rings is 1. The molecule has 0 N–H and O–H groups in total. The van der Waals surface area contributed by atoms with Gasteiger partial charge in [0.2, 0.25) is 0 Å². The molecule has 0 bridgehead atoms. The van der Waals surface area contributed by atoms with E-state index >= 15 is 0 Å². The van der Waals surface area contributed by atoms with Crippen molar-refractivity contribution in [3.63, 3.8) is 0 Å². The van der Waals surface area contributed by atoms with Crippen molar-refractivity contribution in [1.29, 1.82) is 0 Å². The number of carbonyl (C=O) groups is 1. The monoisotopic (exact) mass is 346 g/mol. The first-order valence-electron chi connectivity index (χ1n) is 7.38. The summed E-state index contributed by atoms with van der Waals surface area (Å²) in [4.78, 5) is 30.9. The van der Waals surface area contributed by atoms with Crippen LogP contribution in [0.5, 0.6) is 5.75 Å². The molecule has 0 unspecified atom stereocenters. The Morgan fingerprint density at radius 1 is 1.38 bits per heavy atom. The molecule has 0 aliphatic heterocycles. The molecule has 124 valence electrons. The normalized spacial score (nSPS) is 11.0. The van der Waals surface area contributed by atoms with Crippen LogP contribution in [0.2, 0.25) is 0 Å². The summed E-state index contributed by atoms with van der Waals surface area (Å²) in [5, 5.41) is 0.498. The molecule has 7 heteroatoms. The number of nitrogens with zero attached hydrogens (tertiary/aromatic N) is 2. The van der Waals surface area contributed by atoms with Crippen LogP contribution in [0.15, 0.2) is 35.4 Å². The van der Waals surface area contributed by atoms with Gasteiger partial charge in [-0.3, -0.25) is 14.2 Å². The van der Waals surface area contributed by atoms with Crippen LogP contribution in [0, 0.1) is 5.82 Å². The average Bonchev–Trinajstić information content (AvgIpc) is 3.01. The molecular weight excluding hydrogens is 331 g/mol. The topological polar surface area (TPSA) is 61.2 Å². The van der Waals surface area contributed by atoms with Gasteiger partial charge in [-0.15, -0.1) is 11.3 Å². The van der Waals surface area contributed by atoms with E-state index in [1.165, 1.54) is 41.5 Å². The number of carbonyl (C=O) groups excluding carboxylic acids is 1. The highest BCUT2D eigenvalue weighted by Crippen LogP contribution is 2.22. The first kappa shape index (κ1) is 16.3. The third kappa shape index (κ3) is 2.94. The molecule has 1 aromatic carbocycles. The lowest BCUT2D eigenvalue weighted by Crippen LogP contribution is -2.24. The molecule has 0 saturated carbocycles. The zero-order valence-electron chi connectivity index (χ0n) is 13.2. The minimum absolute atomic E-state index is 0.101. The smallest absolute Gasteiger partial charge is 0.262 e. The van der Waals surface area contributed by atoms with Gasteiger partial charge in [-0.1, -0.05) is 6.92 Å². The summed E-state index contributed by atoms with van der Waals surface area (Å²) in [5.41, 5.74) is -0.177. The van der Waals surface area contributed by atoms with Crippen molar-refractivity contribution in [3.8, 4) is 5.75 Å². The Morgan fingerprint density at radius 3 is 2.88 bits per heavy atom. The van der Waals surface area contributed by atoms with E-state index < -0.39 is 11.6 Å².